The average Bonchev–Trinajstić information content (AvgIpc) is 2.68. The van der Waals surface area contributed by atoms with E-state index in [-0.39, 0.29) is 5.91 Å². The fourth-order valence-electron chi connectivity index (χ4n) is 2.82. The minimum absolute atomic E-state index is 0.217. The number of hydrogen-bond donors (Lipinski definition) is 1. The van der Waals surface area contributed by atoms with E-state index in [0.29, 0.717) is 30.3 Å². The van der Waals surface area contributed by atoms with Crippen molar-refractivity contribution < 1.29 is 14.4 Å². The maximum Gasteiger partial charge on any atom is 0.261 e. The van der Waals surface area contributed by atoms with Gasteiger partial charge in [-0.05, 0) is 56.9 Å². The molecule has 0 saturated carbocycles. The van der Waals surface area contributed by atoms with Crippen LogP contribution in [0.4, 0.5) is 0 Å². The molecule has 0 bridgehead atoms. The van der Waals surface area contributed by atoms with Crippen molar-refractivity contribution in [1.82, 2.24) is 10.3 Å². The largest absolute Gasteiger partial charge is 0.481 e. The predicted molar refractivity (Wildman–Crippen MR) is 121 cm³/mol. The smallest absolute Gasteiger partial charge is 0.261 e. The van der Waals surface area contributed by atoms with Crippen LogP contribution in [0, 0.1) is 25.2 Å². The molecule has 30 heavy (non-hydrogen) atoms. The molecule has 0 aliphatic carbocycles. The molecular formula is C24H31N3O3. The third-order valence-corrected chi connectivity index (χ3v) is 4.36. The number of aromatic nitrogens is 1. The highest BCUT2D eigenvalue weighted by Crippen LogP contribution is 2.25. The van der Waals surface area contributed by atoms with Crippen molar-refractivity contribution in [3.63, 3.8) is 0 Å². The second-order valence-electron chi connectivity index (χ2n) is 8.33. The molecule has 1 aromatic carbocycles. The quantitative estimate of drug-likeness (QED) is 0.382. The lowest BCUT2D eigenvalue weighted by Gasteiger charge is -2.25. The van der Waals surface area contributed by atoms with Crippen LogP contribution in [-0.4, -0.2) is 35.4 Å². The number of benzene rings is 1. The predicted octanol–water partition coefficient (Wildman–Crippen LogP) is 4.24. The number of rotatable bonds is 9. The molecule has 1 aromatic heterocycles. The second kappa shape index (κ2) is 10.1. The van der Waals surface area contributed by atoms with Crippen LogP contribution < -0.4 is 10.1 Å². The van der Waals surface area contributed by atoms with Gasteiger partial charge in [-0.3, -0.25) is 9.78 Å². The van der Waals surface area contributed by atoms with E-state index in [9.17, 15) is 4.79 Å². The number of nitrogens with one attached hydrogen (secondary N) is 1. The molecule has 0 fully saturated rings. The highest BCUT2D eigenvalue weighted by atomic mass is 16.6. The standard InChI is InChI=1S/C24H31N3O3/c1-8-18-11-19-12-20(10-17(5)22(19)25-13-18)30-21(9-2)23(28)27-24(6,7)15-26-29-14-16(3)4/h1,10-13,15-16,21H,9,14H2,2-7H3,(H,27,28)/b26-15+. The van der Waals surface area contributed by atoms with Gasteiger partial charge in [-0.1, -0.05) is 31.8 Å². The van der Waals surface area contributed by atoms with Crippen LogP contribution in [0.1, 0.15) is 52.2 Å². The Bertz CT molecular complexity index is 958. The first-order valence-corrected chi connectivity index (χ1v) is 10.2. The fraction of sp³-hybridized carbons (Fsp3) is 0.458. The first-order valence-electron chi connectivity index (χ1n) is 10.2. The molecule has 1 atom stereocenters. The zero-order valence-corrected chi connectivity index (χ0v) is 18.7. The van der Waals surface area contributed by atoms with E-state index in [1.807, 2.05) is 59.7 Å². The van der Waals surface area contributed by atoms with Crippen LogP contribution in [0.2, 0.25) is 0 Å². The Morgan fingerprint density at radius 2 is 2.10 bits per heavy atom. The summed E-state index contributed by atoms with van der Waals surface area (Å²) in [6.45, 7) is 12.2. The summed E-state index contributed by atoms with van der Waals surface area (Å²) in [5.74, 6) is 3.36. The van der Waals surface area contributed by atoms with E-state index in [4.69, 9.17) is 16.0 Å². The van der Waals surface area contributed by atoms with Gasteiger partial charge in [0.2, 0.25) is 0 Å². The highest BCUT2D eigenvalue weighted by Gasteiger charge is 2.25. The van der Waals surface area contributed by atoms with E-state index in [1.54, 1.807) is 12.4 Å². The topological polar surface area (TPSA) is 72.8 Å². The SMILES string of the molecule is C#Cc1cnc2c(C)cc(OC(CC)C(=O)NC(C)(C)/C=N/OCC(C)C)cc2c1. The number of fused-ring (bicyclic) bond motifs is 1. The molecular weight excluding hydrogens is 378 g/mol. The van der Waals surface area contributed by atoms with E-state index >= 15 is 0 Å². The van der Waals surface area contributed by atoms with E-state index in [2.05, 4.69) is 21.4 Å². The van der Waals surface area contributed by atoms with E-state index in [0.717, 1.165) is 16.5 Å². The monoisotopic (exact) mass is 409 g/mol. The average molecular weight is 410 g/mol. The van der Waals surface area contributed by atoms with Crippen molar-refractivity contribution in [3.8, 4) is 18.1 Å². The molecule has 2 aromatic rings. The molecule has 1 heterocycles. The number of carbonyl (C=O) groups is 1. The first kappa shape index (κ1) is 23.2. The van der Waals surface area contributed by atoms with Crippen molar-refractivity contribution in [1.29, 1.82) is 0 Å². The van der Waals surface area contributed by atoms with Crippen LogP contribution in [0.25, 0.3) is 10.9 Å². The minimum atomic E-state index is -0.671. The number of pyridine rings is 1. The number of carbonyl (C=O) groups excluding carboxylic acids is 1. The molecule has 0 aliphatic heterocycles. The van der Waals surface area contributed by atoms with Crippen LogP contribution >= 0.6 is 0 Å². The summed E-state index contributed by atoms with van der Waals surface area (Å²) in [5, 5.41) is 7.80. The van der Waals surface area contributed by atoms with Gasteiger partial charge in [-0.25, -0.2) is 0 Å². The molecule has 6 nitrogen and oxygen atoms in total. The Morgan fingerprint density at radius 3 is 2.73 bits per heavy atom. The Morgan fingerprint density at radius 1 is 1.37 bits per heavy atom. The maximum atomic E-state index is 12.8. The van der Waals surface area contributed by atoms with E-state index < -0.39 is 11.6 Å². The summed E-state index contributed by atoms with van der Waals surface area (Å²) in [6.07, 6.45) is 8.62. The Kier molecular flexibility index (Phi) is 7.82. The minimum Gasteiger partial charge on any atom is -0.481 e. The van der Waals surface area contributed by atoms with Gasteiger partial charge in [0.05, 0.1) is 17.3 Å². The van der Waals surface area contributed by atoms with Gasteiger partial charge in [0, 0.05) is 17.1 Å². The number of amides is 1. The van der Waals surface area contributed by atoms with Crippen LogP contribution in [0.15, 0.2) is 29.6 Å². The third-order valence-electron chi connectivity index (χ3n) is 4.36. The lowest BCUT2D eigenvalue weighted by Crippen LogP contribution is -2.50. The summed E-state index contributed by atoms with van der Waals surface area (Å²) in [6, 6.07) is 5.63. The molecule has 0 aliphatic rings. The van der Waals surface area contributed by atoms with Crippen LogP contribution in [0.5, 0.6) is 5.75 Å². The molecule has 6 heteroatoms. The molecule has 2 rings (SSSR count). The van der Waals surface area contributed by atoms with Crippen LogP contribution in [0.3, 0.4) is 0 Å². The molecule has 160 valence electrons. The summed E-state index contributed by atoms with van der Waals surface area (Å²) >= 11 is 0. The number of aryl methyl sites for hydroxylation is 1. The van der Waals surface area contributed by atoms with Crippen molar-refractivity contribution in [2.24, 2.45) is 11.1 Å². The Balaban J connectivity index is 2.12. The fourth-order valence-corrected chi connectivity index (χ4v) is 2.82. The van der Waals surface area contributed by atoms with Crippen LogP contribution in [-0.2, 0) is 9.63 Å². The Hall–Kier alpha value is -3.07. The zero-order chi connectivity index (χ0) is 22.3. The summed E-state index contributed by atoms with van der Waals surface area (Å²) in [5.41, 5.74) is 1.84. The maximum absolute atomic E-state index is 12.8. The molecule has 1 amide bonds. The molecule has 0 spiro atoms. The number of hydrogen-bond acceptors (Lipinski definition) is 5. The van der Waals surface area contributed by atoms with Crippen molar-refractivity contribution >= 4 is 23.0 Å². The number of terminal acetylenes is 1. The highest BCUT2D eigenvalue weighted by molar-refractivity contribution is 5.87. The van der Waals surface area contributed by atoms with Crippen molar-refractivity contribution in [2.45, 2.75) is 59.6 Å². The van der Waals surface area contributed by atoms with Gasteiger partial charge in [-0.15, -0.1) is 6.42 Å². The molecule has 0 radical (unpaired) electrons. The number of ether oxygens (including phenoxy) is 1. The number of nitrogens with zero attached hydrogens (tertiary/aromatic N) is 2. The molecule has 0 saturated heterocycles. The lowest BCUT2D eigenvalue weighted by atomic mass is 10.1. The van der Waals surface area contributed by atoms with Gasteiger partial charge in [0.25, 0.3) is 5.91 Å². The van der Waals surface area contributed by atoms with Gasteiger partial charge in [0.1, 0.15) is 12.4 Å². The molecule has 1 N–H and O–H groups in total. The first-order chi connectivity index (χ1) is 14.1. The summed E-state index contributed by atoms with van der Waals surface area (Å²) in [7, 11) is 0. The van der Waals surface area contributed by atoms with Gasteiger partial charge < -0.3 is 14.9 Å². The third kappa shape index (κ3) is 6.48. The van der Waals surface area contributed by atoms with Crippen molar-refractivity contribution in [3.05, 3.63) is 35.5 Å². The van der Waals surface area contributed by atoms with E-state index in [1.165, 1.54) is 0 Å². The molecule has 1 unspecified atom stereocenters. The second-order valence-corrected chi connectivity index (χ2v) is 8.33. The van der Waals surface area contributed by atoms with Gasteiger partial charge >= 0.3 is 0 Å². The number of oxime groups is 1. The zero-order valence-electron chi connectivity index (χ0n) is 18.7. The lowest BCUT2D eigenvalue weighted by molar-refractivity contribution is -0.129. The Labute approximate surface area is 179 Å². The van der Waals surface area contributed by atoms with Crippen molar-refractivity contribution in [2.75, 3.05) is 6.61 Å². The normalized spacial score (nSPS) is 12.7. The summed E-state index contributed by atoms with van der Waals surface area (Å²) in [4.78, 5) is 22.5. The van der Waals surface area contributed by atoms with Gasteiger partial charge in [-0.2, -0.15) is 0 Å². The van der Waals surface area contributed by atoms with Gasteiger partial charge in [0.15, 0.2) is 6.10 Å². The summed E-state index contributed by atoms with van der Waals surface area (Å²) < 4.78 is 6.02.